The van der Waals surface area contributed by atoms with Gasteiger partial charge in [0, 0.05) is 33.0 Å². The van der Waals surface area contributed by atoms with E-state index in [1.807, 2.05) is 18.2 Å². The molecule has 0 spiro atoms. The molecule has 1 aromatic rings. The van der Waals surface area contributed by atoms with E-state index in [1.165, 1.54) is 41.6 Å². The van der Waals surface area contributed by atoms with Gasteiger partial charge in [0.1, 0.15) is 11.5 Å². The molecule has 140 valence electrons. The summed E-state index contributed by atoms with van der Waals surface area (Å²) in [4.78, 5) is 12.4. The summed E-state index contributed by atoms with van der Waals surface area (Å²) in [6.45, 7) is 0. The molecule has 0 aliphatic heterocycles. The lowest BCUT2D eigenvalue weighted by atomic mass is 9.93. The van der Waals surface area contributed by atoms with Crippen molar-refractivity contribution in [1.82, 2.24) is 0 Å². The number of benzene rings is 1. The Morgan fingerprint density at radius 1 is 1.00 bits per heavy atom. The zero-order valence-corrected chi connectivity index (χ0v) is 15.6. The molecule has 26 heavy (non-hydrogen) atoms. The van der Waals surface area contributed by atoms with Crippen LogP contribution in [0, 0.1) is 0 Å². The molecule has 0 aromatic heterocycles. The van der Waals surface area contributed by atoms with Crippen molar-refractivity contribution in [1.29, 1.82) is 0 Å². The van der Waals surface area contributed by atoms with Crippen LogP contribution in [0.3, 0.4) is 0 Å². The predicted octanol–water partition coefficient (Wildman–Crippen LogP) is 2.87. The molecule has 1 atom stereocenters. The van der Waals surface area contributed by atoms with Crippen molar-refractivity contribution in [2.45, 2.75) is 11.9 Å². The highest BCUT2D eigenvalue weighted by atomic mass is 16.7. The van der Waals surface area contributed by atoms with E-state index in [-0.39, 0.29) is 5.78 Å². The van der Waals surface area contributed by atoms with Crippen LogP contribution in [-0.4, -0.2) is 53.2 Å². The van der Waals surface area contributed by atoms with E-state index in [4.69, 9.17) is 23.7 Å². The Bertz CT molecular complexity index is 713. The topological polar surface area (TPSA) is 63.2 Å². The van der Waals surface area contributed by atoms with Gasteiger partial charge in [0.2, 0.25) is 5.79 Å². The Morgan fingerprint density at radius 3 is 2.15 bits per heavy atom. The van der Waals surface area contributed by atoms with Gasteiger partial charge in [0.25, 0.3) is 0 Å². The molecule has 2 rings (SSSR count). The van der Waals surface area contributed by atoms with E-state index in [9.17, 15) is 4.79 Å². The summed E-state index contributed by atoms with van der Waals surface area (Å²) < 4.78 is 27.6. The molecule has 6 nitrogen and oxygen atoms in total. The molecule has 0 N–H and O–H groups in total. The van der Waals surface area contributed by atoms with Gasteiger partial charge in [-0.1, -0.05) is 30.3 Å². The van der Waals surface area contributed by atoms with Crippen molar-refractivity contribution in [2.75, 3.05) is 35.5 Å². The molecular weight excluding hydrogens is 336 g/mol. The van der Waals surface area contributed by atoms with Gasteiger partial charge < -0.3 is 23.7 Å². The van der Waals surface area contributed by atoms with Gasteiger partial charge in [-0.25, -0.2) is 0 Å². The van der Waals surface area contributed by atoms with Crippen LogP contribution in [0.2, 0.25) is 0 Å². The van der Waals surface area contributed by atoms with Gasteiger partial charge in [-0.15, -0.1) is 0 Å². The van der Waals surface area contributed by atoms with Gasteiger partial charge in [-0.3, -0.25) is 4.79 Å². The van der Waals surface area contributed by atoms with Gasteiger partial charge in [0.15, 0.2) is 11.9 Å². The van der Waals surface area contributed by atoms with Crippen LogP contribution in [0.1, 0.15) is 10.4 Å². The fourth-order valence-corrected chi connectivity index (χ4v) is 2.88. The lowest BCUT2D eigenvalue weighted by Crippen LogP contribution is -2.49. The third-order valence-electron chi connectivity index (χ3n) is 4.24. The summed E-state index contributed by atoms with van der Waals surface area (Å²) in [5, 5.41) is 0. The molecule has 1 unspecified atom stereocenters. The van der Waals surface area contributed by atoms with Crippen LogP contribution in [0.25, 0.3) is 0 Å². The van der Waals surface area contributed by atoms with E-state index in [2.05, 4.69) is 0 Å². The molecule has 1 aliphatic carbocycles. The number of allylic oxidation sites excluding steroid dienone is 2. The van der Waals surface area contributed by atoms with Crippen molar-refractivity contribution in [2.24, 2.45) is 0 Å². The lowest BCUT2D eigenvalue weighted by Gasteiger charge is -2.39. The Balaban J connectivity index is 2.46. The van der Waals surface area contributed by atoms with E-state index >= 15 is 0 Å². The largest absolute Gasteiger partial charge is 0.497 e. The fourth-order valence-electron chi connectivity index (χ4n) is 2.88. The minimum atomic E-state index is -1.20. The Labute approximate surface area is 153 Å². The standard InChI is InChI=1S/C20H24O6/c1-22-17-13-20(25-4,26-5)19(24-3)18(23-2)15(17)11-12-16(21)14-9-7-6-8-10-14/h6-13,19H,1-5H3. The maximum absolute atomic E-state index is 12.4. The molecule has 1 aromatic carbocycles. The average Bonchev–Trinajstić information content (AvgIpc) is 2.71. The first-order valence-electron chi connectivity index (χ1n) is 8.02. The van der Waals surface area contributed by atoms with Crippen LogP contribution in [-0.2, 0) is 23.7 Å². The Morgan fingerprint density at radius 2 is 1.65 bits per heavy atom. The number of carbonyl (C=O) groups is 1. The predicted molar refractivity (Wildman–Crippen MR) is 96.6 cm³/mol. The molecule has 0 amide bonds. The number of hydrogen-bond acceptors (Lipinski definition) is 6. The number of methoxy groups -OCH3 is 5. The molecule has 0 saturated heterocycles. The van der Waals surface area contributed by atoms with E-state index in [0.29, 0.717) is 22.7 Å². The summed E-state index contributed by atoms with van der Waals surface area (Å²) in [5.74, 6) is -0.441. The average molecular weight is 360 g/mol. The van der Waals surface area contributed by atoms with Gasteiger partial charge in [-0.2, -0.15) is 0 Å². The summed E-state index contributed by atoms with van der Waals surface area (Å²) in [7, 11) is 7.58. The maximum atomic E-state index is 12.4. The molecule has 0 radical (unpaired) electrons. The second-order valence-corrected chi connectivity index (χ2v) is 5.50. The van der Waals surface area contributed by atoms with Crippen molar-refractivity contribution in [3.05, 3.63) is 71.2 Å². The second kappa shape index (κ2) is 8.80. The van der Waals surface area contributed by atoms with Crippen LogP contribution < -0.4 is 0 Å². The number of carbonyl (C=O) groups excluding carboxylic acids is 1. The number of ketones is 1. The molecule has 0 bridgehead atoms. The summed E-state index contributed by atoms with van der Waals surface area (Å²) in [5.41, 5.74) is 1.17. The fraction of sp³-hybridized carbons (Fsp3) is 0.350. The molecule has 0 heterocycles. The first-order chi connectivity index (χ1) is 12.6. The molecule has 1 aliphatic rings. The number of hydrogen-bond donors (Lipinski definition) is 0. The molecule has 6 heteroatoms. The second-order valence-electron chi connectivity index (χ2n) is 5.50. The highest BCUT2D eigenvalue weighted by Crippen LogP contribution is 2.37. The zero-order chi connectivity index (χ0) is 19.2. The molecule has 0 fully saturated rings. The van der Waals surface area contributed by atoms with Crippen molar-refractivity contribution in [3.63, 3.8) is 0 Å². The van der Waals surface area contributed by atoms with Gasteiger partial charge in [-0.05, 0) is 12.2 Å². The minimum Gasteiger partial charge on any atom is -0.497 e. The minimum absolute atomic E-state index is 0.131. The monoisotopic (exact) mass is 360 g/mol. The van der Waals surface area contributed by atoms with E-state index in [1.54, 1.807) is 24.3 Å². The summed E-state index contributed by atoms with van der Waals surface area (Å²) in [6.07, 6.45) is 4.10. The maximum Gasteiger partial charge on any atom is 0.225 e. The first kappa shape index (κ1) is 19.9. The Hall–Kier alpha value is -2.41. The van der Waals surface area contributed by atoms with Crippen molar-refractivity contribution >= 4 is 5.78 Å². The first-order valence-corrected chi connectivity index (χ1v) is 8.02. The normalized spacial score (nSPS) is 19.4. The smallest absolute Gasteiger partial charge is 0.225 e. The van der Waals surface area contributed by atoms with Crippen molar-refractivity contribution in [3.8, 4) is 0 Å². The van der Waals surface area contributed by atoms with Crippen LogP contribution in [0.4, 0.5) is 0 Å². The van der Waals surface area contributed by atoms with Crippen molar-refractivity contribution < 1.29 is 28.5 Å². The van der Waals surface area contributed by atoms with Crippen LogP contribution in [0.15, 0.2) is 65.7 Å². The third kappa shape index (κ3) is 3.72. The van der Waals surface area contributed by atoms with Gasteiger partial charge >= 0.3 is 0 Å². The van der Waals surface area contributed by atoms with Gasteiger partial charge in [0.05, 0.1) is 19.8 Å². The highest BCUT2D eigenvalue weighted by Gasteiger charge is 2.47. The third-order valence-corrected chi connectivity index (χ3v) is 4.24. The van der Waals surface area contributed by atoms with E-state index < -0.39 is 11.9 Å². The summed E-state index contributed by atoms with van der Waals surface area (Å²) in [6, 6.07) is 9.00. The van der Waals surface area contributed by atoms with Crippen LogP contribution >= 0.6 is 0 Å². The quantitative estimate of drug-likeness (QED) is 0.404. The Kier molecular flexibility index (Phi) is 6.74. The highest BCUT2D eigenvalue weighted by molar-refractivity contribution is 6.04. The van der Waals surface area contributed by atoms with E-state index in [0.717, 1.165) is 0 Å². The van der Waals surface area contributed by atoms with Crippen LogP contribution in [0.5, 0.6) is 0 Å². The molecular formula is C20H24O6. The molecule has 0 saturated carbocycles. The zero-order valence-electron chi connectivity index (χ0n) is 15.6. The SMILES string of the molecule is COC1=CC(OC)(OC)C(OC)C(OC)=C1C=CC(=O)c1ccccc1. The lowest BCUT2D eigenvalue weighted by molar-refractivity contribution is -0.233. The summed E-state index contributed by atoms with van der Waals surface area (Å²) >= 11 is 0. The number of ether oxygens (including phenoxy) is 5. The number of rotatable bonds is 8.